The second-order valence-electron chi connectivity index (χ2n) is 6.25. The van der Waals surface area contributed by atoms with Gasteiger partial charge in [-0.1, -0.05) is 35.9 Å². The van der Waals surface area contributed by atoms with Crippen LogP contribution in [0.4, 0.5) is 5.69 Å². The van der Waals surface area contributed by atoms with Gasteiger partial charge in [0.15, 0.2) is 6.10 Å². The maximum atomic E-state index is 12.6. The van der Waals surface area contributed by atoms with Gasteiger partial charge in [0.05, 0.1) is 15.5 Å². The van der Waals surface area contributed by atoms with E-state index in [9.17, 15) is 19.7 Å². The Morgan fingerprint density at radius 2 is 1.93 bits per heavy atom. The maximum Gasteiger partial charge on any atom is 0.340 e. The number of ether oxygens (including phenoxy) is 1. The monoisotopic (exact) mass is 388 g/mol. The molecular weight excluding hydrogens is 372 g/mol. The number of fused-ring (bicyclic) bond motifs is 1. The van der Waals surface area contributed by atoms with Crippen molar-refractivity contribution in [3.63, 3.8) is 0 Å². The van der Waals surface area contributed by atoms with E-state index in [0.717, 1.165) is 18.1 Å². The van der Waals surface area contributed by atoms with Gasteiger partial charge >= 0.3 is 5.97 Å². The van der Waals surface area contributed by atoms with Crippen LogP contribution in [-0.2, 0) is 22.5 Å². The first-order valence-corrected chi connectivity index (χ1v) is 8.75. The number of nitrogens with zero attached hydrogens (tertiary/aromatic N) is 2. The summed E-state index contributed by atoms with van der Waals surface area (Å²) >= 11 is 5.94. The molecule has 0 saturated carbocycles. The lowest BCUT2D eigenvalue weighted by atomic mass is 9.99. The van der Waals surface area contributed by atoms with Gasteiger partial charge in [-0.25, -0.2) is 4.79 Å². The Kier molecular flexibility index (Phi) is 5.41. The molecular formula is C19H17ClN2O5. The second kappa shape index (κ2) is 7.75. The van der Waals surface area contributed by atoms with Crippen molar-refractivity contribution in [3.05, 3.63) is 74.3 Å². The van der Waals surface area contributed by atoms with E-state index in [1.165, 1.54) is 24.6 Å². The van der Waals surface area contributed by atoms with Crippen molar-refractivity contribution >= 4 is 29.2 Å². The first kappa shape index (κ1) is 18.8. The minimum atomic E-state index is -1.03. The van der Waals surface area contributed by atoms with Gasteiger partial charge in [0.25, 0.3) is 11.6 Å². The molecule has 0 bridgehead atoms. The highest BCUT2D eigenvalue weighted by molar-refractivity contribution is 6.33. The Labute approximate surface area is 160 Å². The van der Waals surface area contributed by atoms with Crippen LogP contribution in [0.15, 0.2) is 42.5 Å². The van der Waals surface area contributed by atoms with Crippen LogP contribution in [0.5, 0.6) is 0 Å². The van der Waals surface area contributed by atoms with Crippen molar-refractivity contribution < 1.29 is 19.2 Å². The van der Waals surface area contributed by atoms with Gasteiger partial charge in [-0.15, -0.1) is 0 Å². The molecule has 8 heteroatoms. The summed E-state index contributed by atoms with van der Waals surface area (Å²) in [4.78, 5) is 36.9. The number of nitro groups is 1. The number of halogens is 1. The topological polar surface area (TPSA) is 89.7 Å². The molecule has 0 radical (unpaired) electrons. The van der Waals surface area contributed by atoms with Crippen LogP contribution in [0, 0.1) is 10.1 Å². The average Bonchev–Trinajstić information content (AvgIpc) is 2.66. The minimum Gasteiger partial charge on any atom is -0.449 e. The van der Waals surface area contributed by atoms with Crippen molar-refractivity contribution in [1.29, 1.82) is 0 Å². The number of esters is 1. The van der Waals surface area contributed by atoms with Crippen molar-refractivity contribution in [2.45, 2.75) is 26.0 Å². The summed E-state index contributed by atoms with van der Waals surface area (Å²) in [5.74, 6) is -1.19. The molecule has 1 amide bonds. The summed E-state index contributed by atoms with van der Waals surface area (Å²) in [5, 5.41) is 10.9. The molecule has 0 fully saturated rings. The number of hydrogen-bond acceptors (Lipinski definition) is 5. The van der Waals surface area contributed by atoms with E-state index >= 15 is 0 Å². The summed E-state index contributed by atoms with van der Waals surface area (Å²) < 4.78 is 5.22. The Morgan fingerprint density at radius 1 is 1.22 bits per heavy atom. The van der Waals surface area contributed by atoms with Crippen LogP contribution in [0.25, 0.3) is 0 Å². The standard InChI is InChI=1S/C19H17ClN2O5/c1-12(18(23)21-9-8-13-4-2-3-5-14(13)11-21)27-19(24)16-10-15(22(25)26)6-7-17(16)20/h2-7,10,12H,8-9,11H2,1H3. The van der Waals surface area contributed by atoms with Gasteiger partial charge in [0.2, 0.25) is 0 Å². The predicted molar refractivity (Wildman–Crippen MR) is 98.5 cm³/mol. The molecule has 3 rings (SSSR count). The summed E-state index contributed by atoms with van der Waals surface area (Å²) in [7, 11) is 0. The number of benzene rings is 2. The highest BCUT2D eigenvalue weighted by Crippen LogP contribution is 2.24. The van der Waals surface area contributed by atoms with Crippen LogP contribution in [0.1, 0.15) is 28.4 Å². The number of rotatable bonds is 4. The fourth-order valence-corrected chi connectivity index (χ4v) is 3.19. The van der Waals surface area contributed by atoms with Crippen molar-refractivity contribution in [1.82, 2.24) is 4.90 Å². The van der Waals surface area contributed by atoms with E-state index < -0.39 is 17.0 Å². The van der Waals surface area contributed by atoms with E-state index in [1.807, 2.05) is 24.3 Å². The molecule has 0 aliphatic carbocycles. The smallest absolute Gasteiger partial charge is 0.340 e. The second-order valence-corrected chi connectivity index (χ2v) is 6.65. The quantitative estimate of drug-likeness (QED) is 0.455. The molecule has 1 aliphatic heterocycles. The zero-order valence-corrected chi connectivity index (χ0v) is 15.3. The molecule has 2 aromatic rings. The third-order valence-corrected chi connectivity index (χ3v) is 4.78. The first-order chi connectivity index (χ1) is 12.9. The number of carbonyl (C=O) groups excluding carboxylic acids is 2. The summed E-state index contributed by atoms with van der Waals surface area (Å²) in [6, 6.07) is 11.4. The number of non-ortho nitro benzene ring substituents is 1. The van der Waals surface area contributed by atoms with Gasteiger partial charge in [0, 0.05) is 25.2 Å². The molecule has 0 aromatic heterocycles. The number of amides is 1. The molecule has 0 spiro atoms. The zero-order valence-electron chi connectivity index (χ0n) is 14.6. The summed E-state index contributed by atoms with van der Waals surface area (Å²) in [5.41, 5.74) is 1.85. The highest BCUT2D eigenvalue weighted by atomic mass is 35.5. The molecule has 27 heavy (non-hydrogen) atoms. The molecule has 1 atom stereocenters. The fourth-order valence-electron chi connectivity index (χ4n) is 3.00. The average molecular weight is 389 g/mol. The molecule has 2 aromatic carbocycles. The molecule has 1 unspecified atom stereocenters. The molecule has 0 N–H and O–H groups in total. The Hall–Kier alpha value is -2.93. The van der Waals surface area contributed by atoms with Gasteiger partial charge < -0.3 is 9.64 Å². The molecule has 1 heterocycles. The van der Waals surface area contributed by atoms with Gasteiger partial charge in [-0.2, -0.15) is 0 Å². The van der Waals surface area contributed by atoms with Gasteiger partial charge in [-0.3, -0.25) is 14.9 Å². The van der Waals surface area contributed by atoms with Gasteiger partial charge in [0.1, 0.15) is 0 Å². The minimum absolute atomic E-state index is 0.0251. The van der Waals surface area contributed by atoms with Crippen LogP contribution in [-0.4, -0.2) is 34.3 Å². The third kappa shape index (κ3) is 4.09. The van der Waals surface area contributed by atoms with Crippen LogP contribution >= 0.6 is 11.6 Å². The predicted octanol–water partition coefficient (Wildman–Crippen LogP) is 3.38. The van der Waals surface area contributed by atoms with Crippen molar-refractivity contribution in [2.24, 2.45) is 0 Å². The normalized spacial score (nSPS) is 14.2. The summed E-state index contributed by atoms with van der Waals surface area (Å²) in [6.07, 6.45) is -0.294. The summed E-state index contributed by atoms with van der Waals surface area (Å²) in [6.45, 7) is 2.47. The third-order valence-electron chi connectivity index (χ3n) is 4.45. The van der Waals surface area contributed by atoms with Gasteiger partial charge in [-0.05, 0) is 30.5 Å². The van der Waals surface area contributed by atoms with Crippen LogP contribution in [0.2, 0.25) is 5.02 Å². The van der Waals surface area contributed by atoms with Crippen molar-refractivity contribution in [3.8, 4) is 0 Å². The Bertz CT molecular complexity index is 915. The van der Waals surface area contributed by atoms with Crippen molar-refractivity contribution in [2.75, 3.05) is 6.54 Å². The molecule has 140 valence electrons. The SMILES string of the molecule is CC(OC(=O)c1cc([N+](=O)[O-])ccc1Cl)C(=O)N1CCc2ccccc2C1. The lowest BCUT2D eigenvalue weighted by Gasteiger charge is -2.30. The van der Waals surface area contributed by atoms with E-state index in [2.05, 4.69) is 0 Å². The molecule has 0 saturated heterocycles. The van der Waals surface area contributed by atoms with Crippen LogP contribution in [0.3, 0.4) is 0 Å². The molecule has 7 nitrogen and oxygen atoms in total. The molecule has 1 aliphatic rings. The first-order valence-electron chi connectivity index (χ1n) is 8.37. The lowest BCUT2D eigenvalue weighted by Crippen LogP contribution is -2.42. The number of carbonyl (C=O) groups is 2. The van der Waals surface area contributed by atoms with E-state index in [0.29, 0.717) is 13.1 Å². The maximum absolute atomic E-state index is 12.6. The highest BCUT2D eigenvalue weighted by Gasteiger charge is 2.28. The zero-order chi connectivity index (χ0) is 19.6. The lowest BCUT2D eigenvalue weighted by molar-refractivity contribution is -0.384. The Balaban J connectivity index is 1.69. The Morgan fingerprint density at radius 3 is 2.63 bits per heavy atom. The van der Waals surface area contributed by atoms with Crippen LogP contribution < -0.4 is 0 Å². The number of nitro benzene ring substituents is 1. The fraction of sp³-hybridized carbons (Fsp3) is 0.263. The van der Waals surface area contributed by atoms with E-state index in [4.69, 9.17) is 16.3 Å². The van der Waals surface area contributed by atoms with E-state index in [1.54, 1.807) is 4.90 Å². The van der Waals surface area contributed by atoms with E-state index in [-0.39, 0.29) is 22.2 Å². The number of hydrogen-bond donors (Lipinski definition) is 0. The largest absolute Gasteiger partial charge is 0.449 e.